The zero-order valence-corrected chi connectivity index (χ0v) is 15.6. The van der Waals surface area contributed by atoms with E-state index in [4.69, 9.17) is 4.98 Å². The van der Waals surface area contributed by atoms with Gasteiger partial charge < -0.3 is 10.0 Å². The van der Waals surface area contributed by atoms with Gasteiger partial charge in [-0.2, -0.15) is 0 Å². The number of aliphatic hydroxyl groups is 1. The molecule has 1 aromatic heterocycles. The van der Waals surface area contributed by atoms with Gasteiger partial charge >= 0.3 is 0 Å². The highest BCUT2D eigenvalue weighted by atomic mass is 32.2. The molecule has 1 aliphatic heterocycles. The summed E-state index contributed by atoms with van der Waals surface area (Å²) in [6, 6.07) is -0.213. The first kappa shape index (κ1) is 18.5. The molecular formula is C17H28N4O3S. The summed E-state index contributed by atoms with van der Waals surface area (Å²) in [5.74, 6) is 1.26. The molecule has 8 heteroatoms. The highest BCUT2D eigenvalue weighted by Gasteiger charge is 2.27. The van der Waals surface area contributed by atoms with E-state index in [0.29, 0.717) is 12.3 Å². The van der Waals surface area contributed by atoms with E-state index in [1.165, 1.54) is 0 Å². The van der Waals surface area contributed by atoms with Crippen LogP contribution in [0.3, 0.4) is 0 Å². The normalized spacial score (nSPS) is 22.0. The van der Waals surface area contributed by atoms with E-state index in [-0.39, 0.29) is 18.4 Å². The van der Waals surface area contributed by atoms with Gasteiger partial charge in [0.15, 0.2) is 0 Å². The summed E-state index contributed by atoms with van der Waals surface area (Å²) in [5.41, 5.74) is 1.88. The van der Waals surface area contributed by atoms with Crippen LogP contribution in [0.1, 0.15) is 56.3 Å². The van der Waals surface area contributed by atoms with Crippen LogP contribution in [-0.2, 0) is 16.4 Å². The SMILES string of the molecule is CCCS(=O)(=O)NC1CCCc2nc(N3CCC(CO)CC3)ncc21. The van der Waals surface area contributed by atoms with Crippen molar-refractivity contribution in [3.05, 3.63) is 17.5 Å². The summed E-state index contributed by atoms with van der Waals surface area (Å²) in [4.78, 5) is 11.4. The van der Waals surface area contributed by atoms with Crippen LogP contribution < -0.4 is 9.62 Å². The highest BCUT2D eigenvalue weighted by molar-refractivity contribution is 7.89. The standard InChI is InChI=1S/C17H28N4O3S/c1-2-10-25(23,24)20-16-5-3-4-15-14(16)11-18-17(19-15)21-8-6-13(12-22)7-9-21/h11,13,16,20,22H,2-10,12H2,1H3. The molecule has 1 aliphatic carbocycles. The van der Waals surface area contributed by atoms with Gasteiger partial charge in [-0.15, -0.1) is 0 Å². The van der Waals surface area contributed by atoms with Gasteiger partial charge in [-0.1, -0.05) is 6.92 Å². The first-order valence-corrected chi connectivity index (χ1v) is 10.9. The van der Waals surface area contributed by atoms with Crippen molar-refractivity contribution in [1.29, 1.82) is 0 Å². The third-order valence-electron chi connectivity index (χ3n) is 5.12. The molecule has 2 N–H and O–H groups in total. The van der Waals surface area contributed by atoms with Gasteiger partial charge in [-0.25, -0.2) is 23.1 Å². The van der Waals surface area contributed by atoms with Crippen molar-refractivity contribution < 1.29 is 13.5 Å². The van der Waals surface area contributed by atoms with Gasteiger partial charge in [-0.3, -0.25) is 0 Å². The molecule has 25 heavy (non-hydrogen) atoms. The lowest BCUT2D eigenvalue weighted by molar-refractivity contribution is 0.202. The van der Waals surface area contributed by atoms with E-state index in [1.807, 2.05) is 6.92 Å². The molecule has 0 radical (unpaired) electrons. The lowest BCUT2D eigenvalue weighted by atomic mass is 9.93. The molecule has 1 aromatic rings. The monoisotopic (exact) mass is 368 g/mol. The van der Waals surface area contributed by atoms with Crippen LogP contribution in [0.25, 0.3) is 0 Å². The van der Waals surface area contributed by atoms with E-state index in [0.717, 1.165) is 62.4 Å². The van der Waals surface area contributed by atoms with Crippen molar-refractivity contribution >= 4 is 16.0 Å². The van der Waals surface area contributed by atoms with Gasteiger partial charge in [0.25, 0.3) is 0 Å². The van der Waals surface area contributed by atoms with Crippen LogP contribution in [0.4, 0.5) is 5.95 Å². The lowest BCUT2D eigenvalue weighted by Gasteiger charge is -2.32. The number of nitrogens with one attached hydrogen (secondary N) is 1. The van der Waals surface area contributed by atoms with Crippen molar-refractivity contribution in [2.75, 3.05) is 30.3 Å². The fourth-order valence-corrected chi connectivity index (χ4v) is 5.00. The minimum absolute atomic E-state index is 0.150. The summed E-state index contributed by atoms with van der Waals surface area (Å²) in [6.45, 7) is 3.83. The summed E-state index contributed by atoms with van der Waals surface area (Å²) < 4.78 is 27.0. The molecule has 1 atom stereocenters. The second-order valence-electron chi connectivity index (χ2n) is 7.07. The van der Waals surface area contributed by atoms with Crippen LogP contribution in [-0.4, -0.2) is 48.9 Å². The van der Waals surface area contributed by atoms with Gasteiger partial charge in [0, 0.05) is 37.5 Å². The molecule has 0 saturated carbocycles. The molecule has 140 valence electrons. The summed E-state index contributed by atoms with van der Waals surface area (Å²) >= 11 is 0. The van der Waals surface area contributed by atoms with E-state index >= 15 is 0 Å². The maximum atomic E-state index is 12.1. The van der Waals surface area contributed by atoms with Crippen LogP contribution in [0.15, 0.2) is 6.20 Å². The van der Waals surface area contributed by atoms with Crippen LogP contribution >= 0.6 is 0 Å². The summed E-state index contributed by atoms with van der Waals surface area (Å²) in [6.07, 6.45) is 6.90. The number of rotatable bonds is 6. The number of piperidine rings is 1. The minimum atomic E-state index is -3.25. The van der Waals surface area contributed by atoms with Crippen molar-refractivity contribution in [2.24, 2.45) is 5.92 Å². The van der Waals surface area contributed by atoms with Crippen molar-refractivity contribution in [1.82, 2.24) is 14.7 Å². The maximum absolute atomic E-state index is 12.1. The van der Waals surface area contributed by atoms with Crippen LogP contribution in [0.5, 0.6) is 0 Å². The molecule has 1 unspecified atom stereocenters. The zero-order chi connectivity index (χ0) is 17.9. The highest BCUT2D eigenvalue weighted by Crippen LogP contribution is 2.30. The minimum Gasteiger partial charge on any atom is -0.396 e. The average molecular weight is 369 g/mol. The molecule has 7 nitrogen and oxygen atoms in total. The average Bonchev–Trinajstić information content (AvgIpc) is 2.61. The number of nitrogens with zero attached hydrogens (tertiary/aromatic N) is 3. The van der Waals surface area contributed by atoms with Gasteiger partial charge in [0.05, 0.1) is 11.4 Å². The molecule has 1 fully saturated rings. The molecule has 0 aromatic carbocycles. The molecule has 0 bridgehead atoms. The number of aryl methyl sites for hydroxylation is 1. The zero-order valence-electron chi connectivity index (χ0n) is 14.8. The number of aliphatic hydroxyl groups excluding tert-OH is 1. The van der Waals surface area contributed by atoms with Gasteiger partial charge in [-0.05, 0) is 44.4 Å². The Bertz CT molecular complexity index is 687. The molecule has 1 saturated heterocycles. The Morgan fingerprint density at radius 3 is 2.76 bits per heavy atom. The first-order valence-electron chi connectivity index (χ1n) is 9.24. The second-order valence-corrected chi connectivity index (χ2v) is 8.94. The Hall–Kier alpha value is -1.25. The number of hydrogen-bond acceptors (Lipinski definition) is 6. The largest absolute Gasteiger partial charge is 0.396 e. The van der Waals surface area contributed by atoms with Gasteiger partial charge in [0.1, 0.15) is 0 Å². The van der Waals surface area contributed by atoms with E-state index in [9.17, 15) is 13.5 Å². The topological polar surface area (TPSA) is 95.4 Å². The maximum Gasteiger partial charge on any atom is 0.225 e. The molecule has 0 amide bonds. The van der Waals surface area contributed by atoms with Crippen molar-refractivity contribution in [3.63, 3.8) is 0 Å². The molecular weight excluding hydrogens is 340 g/mol. The van der Waals surface area contributed by atoms with Crippen LogP contribution in [0.2, 0.25) is 0 Å². The van der Waals surface area contributed by atoms with E-state index in [1.54, 1.807) is 6.20 Å². The quantitative estimate of drug-likeness (QED) is 0.788. The number of hydrogen-bond donors (Lipinski definition) is 2. The predicted molar refractivity (Wildman–Crippen MR) is 96.9 cm³/mol. The number of anilines is 1. The lowest BCUT2D eigenvalue weighted by Crippen LogP contribution is -2.37. The smallest absolute Gasteiger partial charge is 0.225 e. The van der Waals surface area contributed by atoms with E-state index < -0.39 is 10.0 Å². The molecule has 3 rings (SSSR count). The fourth-order valence-electron chi connectivity index (χ4n) is 3.67. The molecule has 0 spiro atoms. The Labute approximate surface area is 149 Å². The fraction of sp³-hybridized carbons (Fsp3) is 0.765. The Kier molecular flexibility index (Phi) is 5.91. The summed E-state index contributed by atoms with van der Waals surface area (Å²) in [5, 5.41) is 9.26. The third kappa shape index (κ3) is 4.48. The Balaban J connectivity index is 1.74. The predicted octanol–water partition coefficient (Wildman–Crippen LogP) is 1.39. The second kappa shape index (κ2) is 7.97. The molecule has 2 heterocycles. The summed E-state index contributed by atoms with van der Waals surface area (Å²) in [7, 11) is -3.25. The van der Waals surface area contributed by atoms with Crippen molar-refractivity contribution in [2.45, 2.75) is 51.5 Å². The van der Waals surface area contributed by atoms with Gasteiger partial charge in [0.2, 0.25) is 16.0 Å². The number of fused-ring (bicyclic) bond motifs is 1. The first-order chi connectivity index (χ1) is 12.0. The van der Waals surface area contributed by atoms with Crippen LogP contribution in [0, 0.1) is 5.92 Å². The number of sulfonamides is 1. The number of aromatic nitrogens is 2. The Morgan fingerprint density at radius 2 is 2.08 bits per heavy atom. The van der Waals surface area contributed by atoms with Crippen molar-refractivity contribution in [3.8, 4) is 0 Å². The molecule has 2 aliphatic rings. The third-order valence-corrected chi connectivity index (χ3v) is 6.71. The van der Waals surface area contributed by atoms with E-state index in [2.05, 4.69) is 14.6 Å². The Morgan fingerprint density at radius 1 is 1.32 bits per heavy atom.